The second-order valence-corrected chi connectivity index (χ2v) is 13.9. The molecule has 1 aromatic carbocycles. The van der Waals surface area contributed by atoms with Crippen LogP contribution in [-0.2, 0) is 35.0 Å². The maximum Gasteiger partial charge on any atom is 0.470 e. The van der Waals surface area contributed by atoms with Gasteiger partial charge >= 0.3 is 7.82 Å². The van der Waals surface area contributed by atoms with Gasteiger partial charge in [-0.1, -0.05) is 103 Å². The lowest BCUT2D eigenvalue weighted by molar-refractivity contribution is -0.0231. The normalized spacial score (nSPS) is 13.1. The Morgan fingerprint density at radius 3 is 1.73 bits per heavy atom. The quantitative estimate of drug-likeness (QED) is 0.0817. The molecule has 0 aliphatic carbocycles. The van der Waals surface area contributed by atoms with E-state index in [1.807, 2.05) is 0 Å². The van der Waals surface area contributed by atoms with E-state index in [0.717, 1.165) is 37.7 Å². The first kappa shape index (κ1) is 37.2. The number of hydrogen-bond donors (Lipinski definition) is 2. The van der Waals surface area contributed by atoms with E-state index in [0.29, 0.717) is 6.61 Å². The highest BCUT2D eigenvalue weighted by Gasteiger charge is 2.23. The molecule has 0 aliphatic heterocycles. The van der Waals surface area contributed by atoms with Crippen molar-refractivity contribution in [2.45, 2.75) is 127 Å². The van der Waals surface area contributed by atoms with Gasteiger partial charge in [-0.15, -0.1) is 0 Å². The van der Waals surface area contributed by atoms with E-state index in [2.05, 4.69) is 6.92 Å². The molecule has 0 saturated carbocycles. The third-order valence-corrected chi connectivity index (χ3v) is 8.33. The zero-order valence-electron chi connectivity index (χ0n) is 24.5. The van der Waals surface area contributed by atoms with Gasteiger partial charge in [0.05, 0.1) is 24.7 Å². The molecular formula is C29H52FO8PS. The van der Waals surface area contributed by atoms with Crippen molar-refractivity contribution in [1.29, 1.82) is 0 Å². The number of halogens is 1. The van der Waals surface area contributed by atoms with Gasteiger partial charge < -0.3 is 19.3 Å². The minimum Gasteiger partial charge on any atom is -0.379 e. The lowest BCUT2D eigenvalue weighted by Gasteiger charge is -2.18. The molecular weight excluding hydrogens is 558 g/mol. The summed E-state index contributed by atoms with van der Waals surface area (Å²) >= 11 is 0. The van der Waals surface area contributed by atoms with Crippen LogP contribution >= 0.6 is 7.82 Å². The predicted octanol–water partition coefficient (Wildman–Crippen LogP) is 7.50. The molecule has 0 heterocycles. The van der Waals surface area contributed by atoms with Crippen molar-refractivity contribution in [3.8, 4) is 0 Å². The standard InChI is InChI=1S/C29H52FO8PS/c1-3-4-5-6-7-8-9-10-11-12-13-14-15-16-17-18-19-36-24-28(38-39(31,32)33)25-37-23-26-20-27(30)22-29(21-26)40(2,34)35/h20-22,28H,3-19,23-25H2,1-2H3,(H2,31,32,33). The summed E-state index contributed by atoms with van der Waals surface area (Å²) in [5, 5.41) is 0. The van der Waals surface area contributed by atoms with E-state index in [9.17, 15) is 27.2 Å². The predicted molar refractivity (Wildman–Crippen MR) is 156 cm³/mol. The van der Waals surface area contributed by atoms with E-state index < -0.39 is 29.6 Å². The monoisotopic (exact) mass is 610 g/mol. The van der Waals surface area contributed by atoms with E-state index >= 15 is 0 Å². The summed E-state index contributed by atoms with van der Waals surface area (Å²) in [7, 11) is -8.36. The summed E-state index contributed by atoms with van der Waals surface area (Å²) in [4.78, 5) is 18.2. The minimum atomic E-state index is -4.76. The van der Waals surface area contributed by atoms with E-state index in [1.54, 1.807) is 0 Å². The van der Waals surface area contributed by atoms with Crippen LogP contribution < -0.4 is 0 Å². The Morgan fingerprint density at radius 2 is 1.25 bits per heavy atom. The van der Waals surface area contributed by atoms with Gasteiger partial charge in [0, 0.05) is 12.9 Å². The number of phosphoric ester groups is 1. The van der Waals surface area contributed by atoms with Crippen LogP contribution in [0.2, 0.25) is 0 Å². The van der Waals surface area contributed by atoms with Gasteiger partial charge in [-0.2, -0.15) is 0 Å². The zero-order valence-corrected chi connectivity index (χ0v) is 26.2. The van der Waals surface area contributed by atoms with Crippen LogP contribution in [0.5, 0.6) is 0 Å². The molecule has 0 amide bonds. The van der Waals surface area contributed by atoms with Crippen molar-refractivity contribution in [2.24, 2.45) is 0 Å². The molecule has 1 unspecified atom stereocenters. The van der Waals surface area contributed by atoms with Gasteiger partial charge in [0.15, 0.2) is 9.84 Å². The van der Waals surface area contributed by atoms with Crippen molar-refractivity contribution < 1.29 is 41.2 Å². The molecule has 0 bridgehead atoms. The lowest BCUT2D eigenvalue weighted by Crippen LogP contribution is -2.25. The number of hydrogen-bond acceptors (Lipinski definition) is 6. The first-order valence-corrected chi connectivity index (χ1v) is 18.3. The number of unbranched alkanes of at least 4 members (excludes halogenated alkanes) is 15. The fraction of sp³-hybridized carbons (Fsp3) is 0.793. The number of sulfone groups is 1. The molecule has 1 aromatic rings. The number of phosphoric acid groups is 1. The lowest BCUT2D eigenvalue weighted by atomic mass is 10.0. The summed E-state index contributed by atoms with van der Waals surface area (Å²) < 4.78 is 64.2. The van der Waals surface area contributed by atoms with Crippen LogP contribution in [0.1, 0.15) is 115 Å². The van der Waals surface area contributed by atoms with Gasteiger partial charge in [0.1, 0.15) is 11.9 Å². The van der Waals surface area contributed by atoms with Gasteiger partial charge in [-0.05, 0) is 30.2 Å². The molecule has 2 N–H and O–H groups in total. The Kier molecular flexibility index (Phi) is 20.2. The van der Waals surface area contributed by atoms with Crippen molar-refractivity contribution in [2.75, 3.05) is 26.1 Å². The molecule has 0 spiro atoms. The Labute approximate surface area is 241 Å². The van der Waals surface area contributed by atoms with Crippen molar-refractivity contribution in [3.63, 3.8) is 0 Å². The van der Waals surface area contributed by atoms with Crippen molar-refractivity contribution >= 4 is 17.7 Å². The van der Waals surface area contributed by atoms with E-state index in [-0.39, 0.29) is 30.3 Å². The number of rotatable bonds is 26. The largest absolute Gasteiger partial charge is 0.470 e. The maximum atomic E-state index is 13.8. The first-order valence-electron chi connectivity index (χ1n) is 14.9. The molecule has 0 aromatic heterocycles. The average molecular weight is 611 g/mol. The Balaban J connectivity index is 2.13. The van der Waals surface area contributed by atoms with Crippen LogP contribution in [0.25, 0.3) is 0 Å². The molecule has 1 rings (SSSR count). The van der Waals surface area contributed by atoms with Crippen LogP contribution in [0.4, 0.5) is 4.39 Å². The highest BCUT2D eigenvalue weighted by atomic mass is 32.2. The summed E-state index contributed by atoms with van der Waals surface area (Å²) in [6.45, 7) is 2.26. The fourth-order valence-electron chi connectivity index (χ4n) is 4.50. The third kappa shape index (κ3) is 20.9. The smallest absolute Gasteiger partial charge is 0.379 e. The summed E-state index contributed by atoms with van der Waals surface area (Å²) in [6, 6.07) is 3.36. The van der Waals surface area contributed by atoms with Crippen molar-refractivity contribution in [3.05, 3.63) is 29.6 Å². The first-order chi connectivity index (χ1) is 19.0. The van der Waals surface area contributed by atoms with Crippen molar-refractivity contribution in [1.82, 2.24) is 0 Å². The van der Waals surface area contributed by atoms with Crippen LogP contribution in [-0.4, -0.2) is 50.4 Å². The third-order valence-electron chi connectivity index (χ3n) is 6.66. The second kappa shape index (κ2) is 21.8. The molecule has 11 heteroatoms. The fourth-order valence-corrected chi connectivity index (χ4v) is 5.70. The van der Waals surface area contributed by atoms with Gasteiger partial charge in [-0.3, -0.25) is 4.52 Å². The minimum absolute atomic E-state index is 0.0679. The highest BCUT2D eigenvalue weighted by Crippen LogP contribution is 2.37. The topological polar surface area (TPSA) is 119 Å². The van der Waals surface area contributed by atoms with Gasteiger partial charge in [0.25, 0.3) is 0 Å². The van der Waals surface area contributed by atoms with Gasteiger partial charge in [0.2, 0.25) is 0 Å². The maximum absolute atomic E-state index is 13.8. The molecule has 234 valence electrons. The Bertz CT molecular complexity index is 938. The van der Waals surface area contributed by atoms with E-state index in [1.165, 1.54) is 89.5 Å². The number of benzene rings is 1. The molecule has 0 radical (unpaired) electrons. The molecule has 8 nitrogen and oxygen atoms in total. The molecule has 1 atom stereocenters. The second-order valence-electron chi connectivity index (χ2n) is 10.7. The summed E-state index contributed by atoms with van der Waals surface area (Å²) in [5.41, 5.74) is 0.282. The molecule has 0 fully saturated rings. The summed E-state index contributed by atoms with van der Waals surface area (Å²) in [6.07, 6.45) is 20.3. The van der Waals surface area contributed by atoms with E-state index in [4.69, 9.17) is 14.0 Å². The Hall–Kier alpha value is -0.870. The highest BCUT2D eigenvalue weighted by molar-refractivity contribution is 7.90. The van der Waals surface area contributed by atoms with Gasteiger partial charge in [-0.25, -0.2) is 17.4 Å². The number of ether oxygens (including phenoxy) is 2. The van der Waals surface area contributed by atoms with Crippen LogP contribution in [0.15, 0.2) is 23.1 Å². The summed E-state index contributed by atoms with van der Waals surface area (Å²) in [5.74, 6) is -0.716. The molecule has 0 aliphatic rings. The van der Waals surface area contributed by atoms with Crippen LogP contribution in [0.3, 0.4) is 0 Å². The van der Waals surface area contributed by atoms with Crippen LogP contribution in [0, 0.1) is 5.82 Å². The zero-order chi connectivity index (χ0) is 29.7. The Morgan fingerprint density at radius 1 is 0.775 bits per heavy atom. The molecule has 0 saturated heterocycles. The molecule has 40 heavy (non-hydrogen) atoms. The SMILES string of the molecule is CCCCCCCCCCCCCCCCCCOCC(COCc1cc(F)cc(S(C)(=O)=O)c1)OP(=O)(O)O. The average Bonchev–Trinajstić information content (AvgIpc) is 2.86.